The summed E-state index contributed by atoms with van der Waals surface area (Å²) in [6, 6.07) is 7.43. The van der Waals surface area contributed by atoms with E-state index in [-0.39, 0.29) is 18.4 Å². The molecule has 24 heavy (non-hydrogen) atoms. The first-order valence-corrected chi connectivity index (χ1v) is 9.70. The molecule has 134 valence electrons. The van der Waals surface area contributed by atoms with E-state index in [4.69, 9.17) is 5.73 Å². The number of nitrogens with zero attached hydrogens (tertiary/aromatic N) is 1. The number of aromatic nitrogens is 1. The summed E-state index contributed by atoms with van der Waals surface area (Å²) in [5.74, 6) is 0.352. The average Bonchev–Trinajstić information content (AvgIpc) is 3.14. The summed E-state index contributed by atoms with van der Waals surface area (Å²) in [5, 5.41) is 0.766. The highest BCUT2D eigenvalue weighted by atomic mass is 35.5. The lowest BCUT2D eigenvalue weighted by Crippen LogP contribution is -2.44. The third-order valence-electron chi connectivity index (χ3n) is 5.14. The second-order valence-electron chi connectivity index (χ2n) is 6.50. The van der Waals surface area contributed by atoms with Crippen molar-refractivity contribution in [3.63, 3.8) is 0 Å². The van der Waals surface area contributed by atoms with E-state index in [0.717, 1.165) is 42.3 Å². The van der Waals surface area contributed by atoms with Crippen LogP contribution >= 0.6 is 12.4 Å². The molecule has 3 rings (SSSR count). The molecule has 1 heterocycles. The van der Waals surface area contributed by atoms with E-state index in [9.17, 15) is 8.42 Å². The molecule has 1 fully saturated rings. The number of rotatable bonds is 5. The zero-order chi connectivity index (χ0) is 16.6. The Balaban J connectivity index is 0.00000208. The van der Waals surface area contributed by atoms with Crippen LogP contribution in [-0.2, 0) is 17.1 Å². The van der Waals surface area contributed by atoms with Crippen LogP contribution in [-0.4, -0.2) is 25.6 Å². The molecule has 1 saturated carbocycles. The van der Waals surface area contributed by atoms with Crippen LogP contribution in [0.1, 0.15) is 31.4 Å². The number of nitrogens with two attached hydrogens (primary N) is 1. The Morgan fingerprint density at radius 3 is 2.54 bits per heavy atom. The number of halogens is 1. The summed E-state index contributed by atoms with van der Waals surface area (Å²) in [6.45, 7) is 2.19. The second-order valence-corrected chi connectivity index (χ2v) is 8.15. The summed E-state index contributed by atoms with van der Waals surface area (Å²) in [5.41, 5.74) is 7.54. The SMILES string of the molecule is Cc1c(S(=O)(=O)NC(CN)C2CCCC2)c2ccccc2n1C.Cl. The number of para-hydroxylation sites is 1. The number of sulfonamides is 1. The average molecular weight is 372 g/mol. The van der Waals surface area contributed by atoms with Crippen LogP contribution in [0, 0.1) is 12.8 Å². The minimum Gasteiger partial charge on any atom is -0.347 e. The molecule has 1 unspecified atom stereocenters. The van der Waals surface area contributed by atoms with Crippen molar-refractivity contribution in [1.29, 1.82) is 0 Å². The van der Waals surface area contributed by atoms with E-state index < -0.39 is 10.0 Å². The molecule has 0 aliphatic heterocycles. The fourth-order valence-electron chi connectivity index (χ4n) is 3.78. The maximum atomic E-state index is 13.0. The van der Waals surface area contributed by atoms with Crippen LogP contribution in [0.2, 0.25) is 0 Å². The van der Waals surface area contributed by atoms with E-state index in [1.54, 1.807) is 0 Å². The third kappa shape index (κ3) is 3.33. The molecule has 2 aromatic rings. The number of aryl methyl sites for hydroxylation is 1. The molecule has 1 aromatic carbocycles. The smallest absolute Gasteiger partial charge is 0.243 e. The Morgan fingerprint density at radius 1 is 1.29 bits per heavy atom. The van der Waals surface area contributed by atoms with Gasteiger partial charge in [-0.1, -0.05) is 31.0 Å². The Hall–Kier alpha value is -1.08. The van der Waals surface area contributed by atoms with Gasteiger partial charge in [0, 0.05) is 36.2 Å². The maximum absolute atomic E-state index is 13.0. The van der Waals surface area contributed by atoms with Crippen LogP contribution in [0.4, 0.5) is 0 Å². The molecule has 0 spiro atoms. The Morgan fingerprint density at radius 2 is 1.92 bits per heavy atom. The van der Waals surface area contributed by atoms with Crippen LogP contribution < -0.4 is 10.5 Å². The van der Waals surface area contributed by atoms with Crippen molar-refractivity contribution in [3.05, 3.63) is 30.0 Å². The first-order valence-electron chi connectivity index (χ1n) is 8.22. The normalized spacial score (nSPS) is 17.1. The van der Waals surface area contributed by atoms with Gasteiger partial charge in [-0.25, -0.2) is 13.1 Å². The number of nitrogens with one attached hydrogen (secondary N) is 1. The molecule has 0 radical (unpaired) electrons. The van der Waals surface area contributed by atoms with Gasteiger partial charge in [0.15, 0.2) is 0 Å². The monoisotopic (exact) mass is 371 g/mol. The van der Waals surface area contributed by atoms with Crippen molar-refractivity contribution in [2.75, 3.05) is 6.54 Å². The minimum atomic E-state index is -3.60. The van der Waals surface area contributed by atoms with Gasteiger partial charge in [0.25, 0.3) is 0 Å². The molecule has 3 N–H and O–H groups in total. The lowest BCUT2D eigenvalue weighted by molar-refractivity contribution is 0.405. The summed E-state index contributed by atoms with van der Waals surface area (Å²) >= 11 is 0. The molecule has 0 bridgehead atoms. The highest BCUT2D eigenvalue weighted by Gasteiger charge is 2.31. The highest BCUT2D eigenvalue weighted by molar-refractivity contribution is 7.89. The Labute approximate surface area is 150 Å². The first kappa shape index (κ1) is 19.2. The van der Waals surface area contributed by atoms with Gasteiger partial charge >= 0.3 is 0 Å². The summed E-state index contributed by atoms with van der Waals surface area (Å²) in [7, 11) is -1.70. The summed E-state index contributed by atoms with van der Waals surface area (Å²) in [4.78, 5) is 0.382. The standard InChI is InChI=1S/C17H25N3O2S.ClH/c1-12-17(14-9-5-6-10-16(14)20(12)2)23(21,22)19-15(11-18)13-7-3-4-8-13;/h5-6,9-10,13,15,19H,3-4,7-8,11,18H2,1-2H3;1H. The number of fused-ring (bicyclic) bond motifs is 1. The van der Waals surface area contributed by atoms with Crippen molar-refractivity contribution in [2.45, 2.75) is 43.5 Å². The van der Waals surface area contributed by atoms with Crippen molar-refractivity contribution >= 4 is 33.3 Å². The van der Waals surface area contributed by atoms with E-state index in [1.165, 1.54) is 0 Å². The molecule has 0 amide bonds. The predicted molar refractivity (Wildman–Crippen MR) is 100 cm³/mol. The number of hydrogen-bond acceptors (Lipinski definition) is 3. The minimum absolute atomic E-state index is 0. The molecule has 0 saturated heterocycles. The topological polar surface area (TPSA) is 77.1 Å². The largest absolute Gasteiger partial charge is 0.347 e. The van der Waals surface area contributed by atoms with Crippen LogP contribution in [0.5, 0.6) is 0 Å². The predicted octanol–water partition coefficient (Wildman–Crippen LogP) is 2.70. The Kier molecular flexibility index (Phi) is 5.96. The third-order valence-corrected chi connectivity index (χ3v) is 6.81. The van der Waals surface area contributed by atoms with Crippen molar-refractivity contribution in [1.82, 2.24) is 9.29 Å². The molecular weight excluding hydrogens is 346 g/mol. The Bertz CT molecular complexity index is 811. The second kappa shape index (κ2) is 7.44. The first-order chi connectivity index (χ1) is 11.0. The van der Waals surface area contributed by atoms with E-state index in [0.29, 0.717) is 17.4 Å². The summed E-state index contributed by atoms with van der Waals surface area (Å²) < 4.78 is 30.9. The lowest BCUT2D eigenvalue weighted by Gasteiger charge is -2.23. The van der Waals surface area contributed by atoms with Crippen molar-refractivity contribution in [2.24, 2.45) is 18.7 Å². The summed E-state index contributed by atoms with van der Waals surface area (Å²) in [6.07, 6.45) is 4.43. The van der Waals surface area contributed by atoms with E-state index in [2.05, 4.69) is 4.72 Å². The van der Waals surface area contributed by atoms with Gasteiger partial charge in [0.2, 0.25) is 10.0 Å². The van der Waals surface area contributed by atoms with Crippen molar-refractivity contribution in [3.8, 4) is 0 Å². The van der Waals surface area contributed by atoms with Gasteiger partial charge in [0.05, 0.1) is 0 Å². The maximum Gasteiger partial charge on any atom is 0.243 e. The zero-order valence-corrected chi connectivity index (χ0v) is 15.8. The van der Waals surface area contributed by atoms with Crippen molar-refractivity contribution < 1.29 is 8.42 Å². The molecule has 7 heteroatoms. The fourth-order valence-corrected chi connectivity index (χ4v) is 5.57. The number of hydrogen-bond donors (Lipinski definition) is 2. The molecule has 1 aromatic heterocycles. The van der Waals surface area contributed by atoms with Gasteiger partial charge in [0.1, 0.15) is 4.90 Å². The molecular formula is C17H26ClN3O2S. The van der Waals surface area contributed by atoms with Gasteiger partial charge in [-0.15, -0.1) is 12.4 Å². The molecule has 1 aliphatic rings. The van der Waals surface area contributed by atoms with Gasteiger partial charge in [-0.05, 0) is 31.7 Å². The number of benzene rings is 1. The highest BCUT2D eigenvalue weighted by Crippen LogP contribution is 2.31. The lowest BCUT2D eigenvalue weighted by atomic mass is 9.99. The van der Waals surface area contributed by atoms with Gasteiger partial charge in [-0.2, -0.15) is 0 Å². The van der Waals surface area contributed by atoms with Gasteiger partial charge in [-0.3, -0.25) is 0 Å². The van der Waals surface area contributed by atoms with E-state index >= 15 is 0 Å². The van der Waals surface area contributed by atoms with Crippen LogP contribution in [0.25, 0.3) is 10.9 Å². The molecule has 1 aliphatic carbocycles. The van der Waals surface area contributed by atoms with E-state index in [1.807, 2.05) is 42.8 Å². The molecule has 1 atom stereocenters. The quantitative estimate of drug-likeness (QED) is 0.848. The zero-order valence-electron chi connectivity index (χ0n) is 14.2. The fraction of sp³-hybridized carbons (Fsp3) is 0.529. The van der Waals surface area contributed by atoms with Crippen LogP contribution in [0.3, 0.4) is 0 Å². The molecule has 5 nitrogen and oxygen atoms in total. The van der Waals surface area contributed by atoms with Gasteiger partial charge < -0.3 is 10.3 Å². The van der Waals surface area contributed by atoms with Crippen LogP contribution in [0.15, 0.2) is 29.2 Å².